The number of rotatable bonds is 4. The maximum absolute atomic E-state index is 11.9. The molecule has 1 N–H and O–H groups in total. The zero-order valence-electron chi connectivity index (χ0n) is 17.1. The first-order valence-corrected chi connectivity index (χ1v) is 10.0. The van der Waals surface area contributed by atoms with Crippen molar-refractivity contribution in [2.75, 3.05) is 0 Å². The van der Waals surface area contributed by atoms with Crippen LogP contribution in [0.1, 0.15) is 5.56 Å². The van der Waals surface area contributed by atoms with Crippen LogP contribution in [0.2, 0.25) is 0 Å². The Balaban J connectivity index is 2.03. The molecule has 0 fully saturated rings. The molecule has 32 heavy (non-hydrogen) atoms. The van der Waals surface area contributed by atoms with Gasteiger partial charge in [-0.2, -0.15) is 0 Å². The topological polar surface area (TPSA) is 67.5 Å². The second kappa shape index (κ2) is 7.36. The van der Waals surface area contributed by atoms with Crippen LogP contribution >= 0.6 is 0 Å². The van der Waals surface area contributed by atoms with E-state index >= 15 is 0 Å². The summed E-state index contributed by atoms with van der Waals surface area (Å²) < 4.78 is 6.46. The van der Waals surface area contributed by atoms with Gasteiger partial charge in [0.2, 0.25) is 0 Å². The zero-order chi connectivity index (χ0) is 22.4. The number of phenolic OH excluding ortho intramolecular Hbond substituents is 1. The van der Waals surface area contributed by atoms with E-state index in [1.54, 1.807) is 42.5 Å². The van der Waals surface area contributed by atoms with Gasteiger partial charge in [0.05, 0.1) is 0 Å². The Morgan fingerprint density at radius 2 is 1.44 bits per heavy atom. The lowest BCUT2D eigenvalue weighted by atomic mass is 9.91. The van der Waals surface area contributed by atoms with E-state index in [4.69, 9.17) is 4.42 Å². The van der Waals surface area contributed by atoms with Crippen molar-refractivity contribution in [3.05, 3.63) is 107 Å². The molecule has 5 aromatic rings. The van der Waals surface area contributed by atoms with Crippen LogP contribution in [0.25, 0.3) is 49.1 Å². The third kappa shape index (κ3) is 2.93. The summed E-state index contributed by atoms with van der Waals surface area (Å²) in [5, 5.41) is 14.7. The van der Waals surface area contributed by atoms with Gasteiger partial charge in [0.15, 0.2) is 11.7 Å². The highest BCUT2D eigenvalue weighted by Crippen LogP contribution is 2.40. The van der Waals surface area contributed by atoms with Crippen molar-refractivity contribution in [2.24, 2.45) is 0 Å². The number of aromatic hydroxyl groups is 1. The van der Waals surface area contributed by atoms with Crippen molar-refractivity contribution in [1.82, 2.24) is 0 Å². The Labute approximate surface area is 183 Å². The largest absolute Gasteiger partial charge is 0.508 e. The van der Waals surface area contributed by atoms with Crippen LogP contribution in [0.15, 0.2) is 101 Å². The normalized spacial score (nSPS) is 11.9. The fraction of sp³-hybridized carbons (Fsp3) is 0. The average Bonchev–Trinajstić information content (AvgIpc) is 2.80. The van der Waals surface area contributed by atoms with E-state index in [1.807, 2.05) is 24.3 Å². The molecular weight excluding hydrogens is 400 g/mol. The maximum Gasteiger partial charge on any atom is 0.179 e. The molecule has 1 aromatic heterocycles. The lowest BCUT2D eigenvalue weighted by Crippen LogP contribution is -1.97. The first-order chi connectivity index (χ1) is 15.5. The Bertz CT molecular complexity index is 1700. The molecule has 0 aliphatic rings. The van der Waals surface area contributed by atoms with Crippen molar-refractivity contribution in [1.29, 1.82) is 0 Å². The highest BCUT2D eigenvalue weighted by molar-refractivity contribution is 6.19. The van der Waals surface area contributed by atoms with Gasteiger partial charge < -0.3 is 9.52 Å². The highest BCUT2D eigenvalue weighted by atomic mass is 16.3. The smallest absolute Gasteiger partial charge is 0.179 e. The fourth-order valence-electron chi connectivity index (χ4n) is 4.24. The van der Waals surface area contributed by atoms with Crippen LogP contribution in [-0.4, -0.2) is 11.4 Å². The standard InChI is InChI=1S/C28H18O4/c1-3-4-19(15-29)16(2)26-24-9-5-17-13-20(30)7-11-22(17)27(24)32-28-23-12-8-21(31)14-18(23)6-10-25(26)28/h3-15,30H,1-2H2/b19-4-. The van der Waals surface area contributed by atoms with Gasteiger partial charge in [0.1, 0.15) is 16.9 Å². The Morgan fingerprint density at radius 1 is 0.844 bits per heavy atom. The predicted octanol–water partition coefficient (Wildman–Crippen LogP) is 6.28. The maximum atomic E-state index is 11.9. The monoisotopic (exact) mass is 418 g/mol. The van der Waals surface area contributed by atoms with E-state index < -0.39 is 0 Å². The van der Waals surface area contributed by atoms with Crippen LogP contribution in [0.5, 0.6) is 5.75 Å². The minimum Gasteiger partial charge on any atom is -0.508 e. The minimum atomic E-state index is -0.0830. The van der Waals surface area contributed by atoms with Gasteiger partial charge >= 0.3 is 0 Å². The first-order valence-electron chi connectivity index (χ1n) is 10.0. The Hall–Kier alpha value is -4.44. The lowest BCUT2D eigenvalue weighted by molar-refractivity contribution is -0.104. The summed E-state index contributed by atoms with van der Waals surface area (Å²) in [5.74, 6) is 0.160. The third-order valence-electron chi connectivity index (χ3n) is 5.71. The summed E-state index contributed by atoms with van der Waals surface area (Å²) >= 11 is 0. The molecule has 0 radical (unpaired) electrons. The van der Waals surface area contributed by atoms with Crippen molar-refractivity contribution >= 4 is 55.3 Å². The van der Waals surface area contributed by atoms with Crippen LogP contribution < -0.4 is 5.43 Å². The Kier molecular flexibility index (Phi) is 4.49. The molecule has 5 rings (SSSR count). The van der Waals surface area contributed by atoms with Gasteiger partial charge in [-0.25, -0.2) is 0 Å². The summed E-state index contributed by atoms with van der Waals surface area (Å²) in [6.07, 6.45) is 3.94. The van der Waals surface area contributed by atoms with E-state index in [0.717, 1.165) is 44.2 Å². The molecule has 0 spiro atoms. The summed E-state index contributed by atoms with van der Waals surface area (Å²) in [6, 6.07) is 17.5. The van der Waals surface area contributed by atoms with E-state index in [2.05, 4.69) is 13.2 Å². The first kappa shape index (κ1) is 19.5. The molecule has 0 bridgehead atoms. The number of carbonyl (C=O) groups is 1. The number of aldehydes is 1. The van der Waals surface area contributed by atoms with E-state index in [0.29, 0.717) is 22.3 Å². The number of carbonyl (C=O) groups excluding carboxylic acids is 1. The van der Waals surface area contributed by atoms with E-state index in [1.165, 1.54) is 6.07 Å². The predicted molar refractivity (Wildman–Crippen MR) is 130 cm³/mol. The zero-order valence-corrected chi connectivity index (χ0v) is 17.1. The van der Waals surface area contributed by atoms with Gasteiger partial charge in [-0.3, -0.25) is 9.59 Å². The van der Waals surface area contributed by atoms with Crippen LogP contribution in [-0.2, 0) is 4.79 Å². The summed E-state index contributed by atoms with van der Waals surface area (Å²) in [6.45, 7) is 7.92. The lowest BCUT2D eigenvalue weighted by Gasteiger charge is -2.16. The summed E-state index contributed by atoms with van der Waals surface area (Å²) in [7, 11) is 0. The number of fused-ring (bicyclic) bond motifs is 6. The molecule has 4 aromatic carbocycles. The molecule has 1 heterocycles. The second-order valence-corrected chi connectivity index (χ2v) is 7.60. The van der Waals surface area contributed by atoms with Gasteiger partial charge in [0, 0.05) is 32.7 Å². The molecule has 0 aliphatic heterocycles. The summed E-state index contributed by atoms with van der Waals surface area (Å²) in [4.78, 5) is 23.7. The van der Waals surface area contributed by atoms with E-state index in [9.17, 15) is 14.7 Å². The molecule has 154 valence electrons. The molecule has 4 nitrogen and oxygen atoms in total. The van der Waals surface area contributed by atoms with Crippen molar-refractivity contribution in [3.8, 4) is 5.75 Å². The second-order valence-electron chi connectivity index (χ2n) is 7.60. The minimum absolute atomic E-state index is 0.0830. The van der Waals surface area contributed by atoms with Gasteiger partial charge in [-0.1, -0.05) is 37.4 Å². The third-order valence-corrected chi connectivity index (χ3v) is 5.71. The molecule has 0 saturated carbocycles. The fourth-order valence-corrected chi connectivity index (χ4v) is 4.24. The SMILES string of the molecule is C=C/C=C(/C=O)C(=C)c1c2ccc3cc(O)ccc3c2oc2c1ccc1cc(=O)ccc12. The molecule has 0 amide bonds. The number of allylic oxidation sites excluding steroid dienone is 4. The molecule has 0 unspecified atom stereocenters. The number of hydrogen-bond acceptors (Lipinski definition) is 4. The average molecular weight is 418 g/mol. The molecule has 0 aliphatic carbocycles. The van der Waals surface area contributed by atoms with Crippen molar-refractivity contribution < 1.29 is 14.3 Å². The molecule has 0 atom stereocenters. The Morgan fingerprint density at radius 3 is 2.06 bits per heavy atom. The van der Waals surface area contributed by atoms with Gasteiger partial charge in [-0.05, 0) is 64.9 Å². The molecule has 0 saturated heterocycles. The van der Waals surface area contributed by atoms with Crippen molar-refractivity contribution in [3.63, 3.8) is 0 Å². The van der Waals surface area contributed by atoms with E-state index in [-0.39, 0.29) is 11.2 Å². The van der Waals surface area contributed by atoms with Crippen LogP contribution in [0.4, 0.5) is 0 Å². The number of hydrogen-bond donors (Lipinski definition) is 1. The molecular formula is C28H18O4. The van der Waals surface area contributed by atoms with Crippen LogP contribution in [0.3, 0.4) is 0 Å². The summed E-state index contributed by atoms with van der Waals surface area (Å²) in [5.41, 5.74) is 2.84. The van der Waals surface area contributed by atoms with Gasteiger partial charge in [0.25, 0.3) is 0 Å². The highest BCUT2D eigenvalue weighted by Gasteiger charge is 2.18. The van der Waals surface area contributed by atoms with Crippen molar-refractivity contribution in [2.45, 2.75) is 0 Å². The molecule has 4 heteroatoms. The number of benzene rings is 4. The van der Waals surface area contributed by atoms with Gasteiger partial charge in [-0.15, -0.1) is 0 Å². The van der Waals surface area contributed by atoms with Crippen LogP contribution in [0, 0.1) is 0 Å². The number of phenols is 1. The quantitative estimate of drug-likeness (QED) is 0.123.